The van der Waals surface area contributed by atoms with E-state index in [2.05, 4.69) is 5.32 Å². The van der Waals surface area contributed by atoms with Gasteiger partial charge in [-0.15, -0.1) is 0 Å². The highest BCUT2D eigenvalue weighted by Crippen LogP contribution is 2.26. The zero-order chi connectivity index (χ0) is 18.7. The minimum atomic E-state index is -0.918. The molecular formula is C20H21ClN2O3. The fourth-order valence-corrected chi connectivity index (χ4v) is 3.40. The van der Waals surface area contributed by atoms with Crippen molar-refractivity contribution in [2.75, 3.05) is 0 Å². The van der Waals surface area contributed by atoms with E-state index in [9.17, 15) is 9.90 Å². The number of nitrogens with one attached hydrogen (secondary N) is 1. The third kappa shape index (κ3) is 3.69. The molecule has 2 N–H and O–H groups in total. The average molecular weight is 373 g/mol. The van der Waals surface area contributed by atoms with Crippen molar-refractivity contribution in [1.29, 1.82) is 0 Å². The Labute approximate surface area is 157 Å². The van der Waals surface area contributed by atoms with Gasteiger partial charge in [-0.3, -0.25) is 0 Å². The van der Waals surface area contributed by atoms with Gasteiger partial charge >= 0.3 is 5.97 Å². The SMILES string of the molecule is Cc1c(CNCc2ccco2)c(C(=O)O)c(C)n1Cc1ccccc1Cl. The second kappa shape index (κ2) is 7.81. The van der Waals surface area contributed by atoms with Gasteiger partial charge in [-0.25, -0.2) is 4.79 Å². The number of carboxylic acids is 1. The van der Waals surface area contributed by atoms with E-state index < -0.39 is 5.97 Å². The van der Waals surface area contributed by atoms with E-state index in [0.717, 1.165) is 28.3 Å². The zero-order valence-electron chi connectivity index (χ0n) is 14.8. The lowest BCUT2D eigenvalue weighted by molar-refractivity contribution is 0.0694. The highest BCUT2D eigenvalue weighted by Gasteiger charge is 2.22. The number of benzene rings is 1. The lowest BCUT2D eigenvalue weighted by atomic mass is 10.1. The highest BCUT2D eigenvalue weighted by atomic mass is 35.5. The predicted molar refractivity (Wildman–Crippen MR) is 101 cm³/mol. The second-order valence-corrected chi connectivity index (χ2v) is 6.60. The van der Waals surface area contributed by atoms with E-state index in [1.54, 1.807) is 6.26 Å². The Bertz CT molecular complexity index is 914. The Hall–Kier alpha value is -2.50. The molecule has 3 rings (SSSR count). The van der Waals surface area contributed by atoms with E-state index in [4.69, 9.17) is 16.0 Å². The van der Waals surface area contributed by atoms with Crippen LogP contribution >= 0.6 is 11.6 Å². The van der Waals surface area contributed by atoms with Gasteiger partial charge in [-0.2, -0.15) is 0 Å². The van der Waals surface area contributed by atoms with Crippen molar-refractivity contribution in [2.45, 2.75) is 33.5 Å². The molecule has 0 radical (unpaired) electrons. The first kappa shape index (κ1) is 18.3. The molecule has 0 unspecified atom stereocenters. The van der Waals surface area contributed by atoms with E-state index in [-0.39, 0.29) is 0 Å². The lowest BCUT2D eigenvalue weighted by Crippen LogP contribution is -2.15. The third-order valence-corrected chi connectivity index (χ3v) is 4.96. The van der Waals surface area contributed by atoms with Crippen LogP contribution in [0, 0.1) is 13.8 Å². The summed E-state index contributed by atoms with van der Waals surface area (Å²) in [6, 6.07) is 11.3. The fraction of sp³-hybridized carbons (Fsp3) is 0.250. The number of halogens is 1. The number of aromatic carboxylic acids is 1. The molecule has 0 fully saturated rings. The summed E-state index contributed by atoms with van der Waals surface area (Å²) < 4.78 is 7.31. The number of hydrogen-bond donors (Lipinski definition) is 2. The van der Waals surface area contributed by atoms with Gasteiger partial charge in [0.25, 0.3) is 0 Å². The number of rotatable bonds is 7. The molecular weight excluding hydrogens is 352 g/mol. The molecule has 0 aliphatic heterocycles. The van der Waals surface area contributed by atoms with Gasteiger partial charge < -0.3 is 19.4 Å². The van der Waals surface area contributed by atoms with Gasteiger partial charge in [0.1, 0.15) is 5.76 Å². The largest absolute Gasteiger partial charge is 0.478 e. The van der Waals surface area contributed by atoms with Crippen molar-refractivity contribution in [3.8, 4) is 0 Å². The standard InChI is InChI=1S/C20H21ClN2O3/c1-13-17(11-22-10-16-7-5-9-26-16)19(20(24)25)14(2)23(13)12-15-6-3-4-8-18(15)21/h3-9,22H,10-12H2,1-2H3,(H,24,25). The molecule has 6 heteroatoms. The normalized spacial score (nSPS) is 11.0. The molecule has 0 bridgehead atoms. The first-order chi connectivity index (χ1) is 12.5. The van der Waals surface area contributed by atoms with Gasteiger partial charge in [0.05, 0.1) is 18.4 Å². The molecule has 0 spiro atoms. The van der Waals surface area contributed by atoms with Crippen LogP contribution in [0.4, 0.5) is 0 Å². The summed E-state index contributed by atoms with van der Waals surface area (Å²) in [6.45, 7) is 5.31. The minimum absolute atomic E-state index is 0.349. The summed E-state index contributed by atoms with van der Waals surface area (Å²) in [5, 5.41) is 13.6. The fourth-order valence-electron chi connectivity index (χ4n) is 3.21. The molecule has 0 saturated carbocycles. The Morgan fingerprint density at radius 2 is 1.92 bits per heavy atom. The minimum Gasteiger partial charge on any atom is -0.478 e. The zero-order valence-corrected chi connectivity index (χ0v) is 15.5. The third-order valence-electron chi connectivity index (χ3n) is 4.59. The number of hydrogen-bond acceptors (Lipinski definition) is 3. The van der Waals surface area contributed by atoms with Crippen LogP contribution in [0.15, 0.2) is 47.1 Å². The first-order valence-electron chi connectivity index (χ1n) is 8.37. The topological polar surface area (TPSA) is 67.4 Å². The van der Waals surface area contributed by atoms with Crippen molar-refractivity contribution in [3.05, 3.63) is 81.5 Å². The summed E-state index contributed by atoms with van der Waals surface area (Å²) in [5.41, 5.74) is 3.74. The van der Waals surface area contributed by atoms with Crippen molar-refractivity contribution < 1.29 is 14.3 Å². The summed E-state index contributed by atoms with van der Waals surface area (Å²) >= 11 is 6.28. The molecule has 1 aromatic carbocycles. The molecule has 136 valence electrons. The van der Waals surface area contributed by atoms with Crippen molar-refractivity contribution in [3.63, 3.8) is 0 Å². The van der Waals surface area contributed by atoms with Crippen LogP contribution in [0.5, 0.6) is 0 Å². The van der Waals surface area contributed by atoms with Crippen LogP contribution in [-0.2, 0) is 19.6 Å². The highest BCUT2D eigenvalue weighted by molar-refractivity contribution is 6.31. The molecule has 5 nitrogen and oxygen atoms in total. The second-order valence-electron chi connectivity index (χ2n) is 6.19. The van der Waals surface area contributed by atoms with E-state index in [0.29, 0.717) is 30.2 Å². The van der Waals surface area contributed by atoms with Crippen LogP contribution < -0.4 is 5.32 Å². The van der Waals surface area contributed by atoms with Crippen molar-refractivity contribution in [2.24, 2.45) is 0 Å². The van der Waals surface area contributed by atoms with E-state index >= 15 is 0 Å². The van der Waals surface area contributed by atoms with Gasteiger partial charge in [0.2, 0.25) is 0 Å². The summed E-state index contributed by atoms with van der Waals surface area (Å²) in [7, 11) is 0. The quantitative estimate of drug-likeness (QED) is 0.645. The van der Waals surface area contributed by atoms with Crippen LogP contribution in [0.1, 0.15) is 38.6 Å². The number of furan rings is 1. The first-order valence-corrected chi connectivity index (χ1v) is 8.75. The van der Waals surface area contributed by atoms with Gasteiger partial charge in [-0.05, 0) is 37.6 Å². The van der Waals surface area contributed by atoms with Crippen LogP contribution in [-0.4, -0.2) is 15.6 Å². The van der Waals surface area contributed by atoms with Crippen molar-refractivity contribution >= 4 is 17.6 Å². The monoisotopic (exact) mass is 372 g/mol. The maximum Gasteiger partial charge on any atom is 0.337 e. The summed E-state index contributed by atoms with van der Waals surface area (Å²) in [5.74, 6) is -0.106. The molecule has 0 aliphatic carbocycles. The van der Waals surface area contributed by atoms with Gasteiger partial charge in [0.15, 0.2) is 0 Å². The molecule has 0 saturated heterocycles. The van der Waals surface area contributed by atoms with Crippen LogP contribution in [0.3, 0.4) is 0 Å². The maximum atomic E-state index is 11.8. The Kier molecular flexibility index (Phi) is 5.49. The Morgan fingerprint density at radius 3 is 2.58 bits per heavy atom. The van der Waals surface area contributed by atoms with Crippen LogP contribution in [0.2, 0.25) is 5.02 Å². The molecule has 3 aromatic rings. The predicted octanol–water partition coefficient (Wildman–Crippen LogP) is 4.39. The van der Waals surface area contributed by atoms with E-state index in [1.165, 1.54) is 0 Å². The number of nitrogens with zero attached hydrogens (tertiary/aromatic N) is 1. The molecule has 2 heterocycles. The number of aromatic nitrogens is 1. The number of carboxylic acid groups (broad SMARTS) is 1. The van der Waals surface area contributed by atoms with Crippen LogP contribution in [0.25, 0.3) is 0 Å². The molecule has 0 aliphatic rings. The molecule has 2 aromatic heterocycles. The van der Waals surface area contributed by atoms with Gasteiger partial charge in [0, 0.05) is 35.1 Å². The summed E-state index contributed by atoms with van der Waals surface area (Å²) in [6.07, 6.45) is 1.62. The average Bonchev–Trinajstić information content (AvgIpc) is 3.19. The van der Waals surface area contributed by atoms with E-state index in [1.807, 2.05) is 54.8 Å². The lowest BCUT2D eigenvalue weighted by Gasteiger charge is -2.11. The Morgan fingerprint density at radius 1 is 1.15 bits per heavy atom. The van der Waals surface area contributed by atoms with Gasteiger partial charge in [-0.1, -0.05) is 29.8 Å². The molecule has 0 amide bonds. The Balaban J connectivity index is 1.88. The van der Waals surface area contributed by atoms with Crippen molar-refractivity contribution in [1.82, 2.24) is 9.88 Å². The smallest absolute Gasteiger partial charge is 0.337 e. The molecule has 26 heavy (non-hydrogen) atoms. The summed E-state index contributed by atoms with van der Waals surface area (Å²) in [4.78, 5) is 11.8. The molecule has 0 atom stereocenters. The number of carbonyl (C=O) groups is 1. The maximum absolute atomic E-state index is 11.8.